The molecule has 0 N–H and O–H groups in total. The number of methoxy groups -OCH3 is 1. The van der Waals surface area contributed by atoms with Crippen LogP contribution < -0.4 is 9.47 Å². The minimum atomic E-state index is -0.336. The van der Waals surface area contributed by atoms with E-state index < -0.39 is 0 Å². The molecule has 0 saturated carbocycles. The monoisotopic (exact) mass is 658 g/mol. The minimum absolute atomic E-state index is 0.136. The number of fused-ring (bicyclic) bond motifs is 2. The van der Waals surface area contributed by atoms with Crippen molar-refractivity contribution < 1.29 is 19.0 Å². The van der Waals surface area contributed by atoms with E-state index in [0.29, 0.717) is 29.6 Å². The topological polar surface area (TPSA) is 51.2 Å². The first kappa shape index (κ1) is 32.4. The number of hydrogen-bond acceptors (Lipinski definition) is 6. The molecule has 46 heavy (non-hydrogen) atoms. The molecule has 0 unspecified atom stereocenters. The third kappa shape index (κ3) is 7.06. The summed E-state index contributed by atoms with van der Waals surface area (Å²) in [6, 6.07) is 26.2. The molecule has 2 aliphatic heterocycles. The molecule has 0 amide bonds. The fourth-order valence-corrected chi connectivity index (χ4v) is 6.83. The Hall–Kier alpha value is -3.55. The molecule has 6 nitrogen and oxygen atoms in total. The van der Waals surface area contributed by atoms with Gasteiger partial charge in [-0.3, -0.25) is 14.6 Å². The Balaban J connectivity index is 1.22. The van der Waals surface area contributed by atoms with Crippen LogP contribution in [0.15, 0.2) is 78.9 Å². The third-order valence-corrected chi connectivity index (χ3v) is 9.86. The molecule has 0 bridgehead atoms. The maximum Gasteiger partial charge on any atom is 0.323 e. The second-order valence-electron chi connectivity index (χ2n) is 12.4. The maximum absolute atomic E-state index is 12.9. The number of esters is 1. The Kier molecular flexibility index (Phi) is 9.90. The zero-order valence-corrected chi connectivity index (χ0v) is 28.3. The zero-order valence-electron chi connectivity index (χ0n) is 26.8. The standard InChI is InChI=1S/C38H40Cl2N2O4/c1-5-35(26-12-15-32(39)33(40)17-26)45-31-13-10-25(11-14-31)37-23-41(3)20-30-16-28-18-34(38(43)44-4)42(22-29(28)19-36(30)46-37)21-27-9-7-6-8-24(27)2/h6-17,19,34-35,37H,5,18,20-23H2,1-4H3/t34-,35+,37+/m0/s1. The Labute approximate surface area is 281 Å². The van der Waals surface area contributed by atoms with Gasteiger partial charge in [-0.05, 0) is 90.5 Å². The summed E-state index contributed by atoms with van der Waals surface area (Å²) in [5, 5.41) is 1.06. The molecule has 6 rings (SSSR count). The first-order valence-electron chi connectivity index (χ1n) is 15.8. The van der Waals surface area contributed by atoms with E-state index in [1.165, 1.54) is 29.4 Å². The molecular formula is C38H40Cl2N2O4. The van der Waals surface area contributed by atoms with Crippen LogP contribution in [0.4, 0.5) is 0 Å². The van der Waals surface area contributed by atoms with Gasteiger partial charge in [0.25, 0.3) is 0 Å². The lowest BCUT2D eigenvalue weighted by molar-refractivity contribution is -0.148. The Morgan fingerprint density at radius 3 is 2.46 bits per heavy atom. The van der Waals surface area contributed by atoms with Crippen molar-refractivity contribution >= 4 is 29.2 Å². The summed E-state index contributed by atoms with van der Waals surface area (Å²) in [7, 11) is 3.59. The summed E-state index contributed by atoms with van der Waals surface area (Å²) in [5.41, 5.74) is 8.00. The highest BCUT2D eigenvalue weighted by Crippen LogP contribution is 2.37. The number of ether oxygens (including phenoxy) is 3. The van der Waals surface area contributed by atoms with Crippen LogP contribution in [0.3, 0.4) is 0 Å². The molecule has 0 aromatic heterocycles. The number of rotatable bonds is 8. The minimum Gasteiger partial charge on any atom is -0.486 e. The number of hydrogen-bond donors (Lipinski definition) is 0. The van der Waals surface area contributed by atoms with Gasteiger partial charge in [-0.2, -0.15) is 0 Å². The second kappa shape index (κ2) is 14.1. The highest BCUT2D eigenvalue weighted by Gasteiger charge is 2.34. The number of aryl methyl sites for hydroxylation is 1. The van der Waals surface area contributed by atoms with Crippen molar-refractivity contribution in [2.45, 2.75) is 64.6 Å². The van der Waals surface area contributed by atoms with Gasteiger partial charge >= 0.3 is 5.97 Å². The zero-order chi connectivity index (χ0) is 32.4. The molecule has 0 fully saturated rings. The van der Waals surface area contributed by atoms with Gasteiger partial charge in [-0.25, -0.2) is 0 Å². The molecule has 0 radical (unpaired) electrons. The predicted molar refractivity (Wildman–Crippen MR) is 183 cm³/mol. The lowest BCUT2D eigenvalue weighted by atomic mass is 9.91. The van der Waals surface area contributed by atoms with Gasteiger partial charge in [-0.15, -0.1) is 0 Å². The Morgan fingerprint density at radius 1 is 0.957 bits per heavy atom. The van der Waals surface area contributed by atoms with E-state index in [1.54, 1.807) is 0 Å². The summed E-state index contributed by atoms with van der Waals surface area (Å²) < 4.78 is 18.4. The Bertz CT molecular complexity index is 1710. The van der Waals surface area contributed by atoms with Crippen molar-refractivity contribution in [2.24, 2.45) is 0 Å². The van der Waals surface area contributed by atoms with Crippen LogP contribution in [0.2, 0.25) is 10.0 Å². The van der Waals surface area contributed by atoms with Crippen molar-refractivity contribution in [3.63, 3.8) is 0 Å². The number of likely N-dealkylation sites (N-methyl/N-ethyl adjacent to an activating group) is 1. The van der Waals surface area contributed by atoms with Crippen LogP contribution in [0.25, 0.3) is 0 Å². The van der Waals surface area contributed by atoms with Crippen molar-refractivity contribution in [3.8, 4) is 11.5 Å². The lowest BCUT2D eigenvalue weighted by Crippen LogP contribution is -2.45. The molecule has 2 aliphatic rings. The van der Waals surface area contributed by atoms with Crippen LogP contribution in [-0.4, -0.2) is 42.5 Å². The van der Waals surface area contributed by atoms with Crippen molar-refractivity contribution in [1.82, 2.24) is 9.80 Å². The summed E-state index contributed by atoms with van der Waals surface area (Å²) in [6.45, 7) is 7.02. The number of benzene rings is 4. The largest absolute Gasteiger partial charge is 0.486 e. The number of halogens is 2. The summed E-state index contributed by atoms with van der Waals surface area (Å²) in [5.74, 6) is 1.48. The van der Waals surface area contributed by atoms with E-state index in [2.05, 4.69) is 67.1 Å². The van der Waals surface area contributed by atoms with E-state index >= 15 is 0 Å². The predicted octanol–water partition coefficient (Wildman–Crippen LogP) is 8.50. The molecule has 0 spiro atoms. The highest BCUT2D eigenvalue weighted by atomic mass is 35.5. The molecule has 240 valence electrons. The number of carbonyl (C=O) groups excluding carboxylic acids is 1. The van der Waals surface area contributed by atoms with Gasteiger partial charge in [0, 0.05) is 31.7 Å². The fourth-order valence-electron chi connectivity index (χ4n) is 6.52. The summed E-state index contributed by atoms with van der Waals surface area (Å²) in [6.07, 6.45) is 1.12. The van der Waals surface area contributed by atoms with Gasteiger partial charge in [0.05, 0.1) is 17.2 Å². The van der Waals surface area contributed by atoms with Crippen molar-refractivity contribution in [1.29, 1.82) is 0 Å². The van der Waals surface area contributed by atoms with Crippen LogP contribution in [0.1, 0.15) is 64.5 Å². The first-order valence-corrected chi connectivity index (χ1v) is 16.6. The van der Waals surface area contributed by atoms with Crippen LogP contribution in [0, 0.1) is 6.92 Å². The summed E-state index contributed by atoms with van der Waals surface area (Å²) in [4.78, 5) is 17.5. The molecule has 4 aromatic rings. The van der Waals surface area contributed by atoms with Gasteiger partial charge < -0.3 is 14.2 Å². The average molecular weight is 660 g/mol. The van der Waals surface area contributed by atoms with E-state index in [0.717, 1.165) is 47.7 Å². The van der Waals surface area contributed by atoms with Crippen molar-refractivity contribution in [3.05, 3.63) is 128 Å². The number of nitrogens with zero attached hydrogens (tertiary/aromatic N) is 2. The van der Waals surface area contributed by atoms with Crippen LogP contribution in [-0.2, 0) is 35.6 Å². The molecule has 4 aromatic carbocycles. The van der Waals surface area contributed by atoms with E-state index in [4.69, 9.17) is 37.4 Å². The fraction of sp³-hybridized carbons (Fsp3) is 0.342. The smallest absolute Gasteiger partial charge is 0.323 e. The van der Waals surface area contributed by atoms with Crippen molar-refractivity contribution in [2.75, 3.05) is 20.7 Å². The molecule has 8 heteroatoms. The lowest BCUT2D eigenvalue weighted by Gasteiger charge is -2.36. The van der Waals surface area contributed by atoms with Gasteiger partial charge in [0.2, 0.25) is 0 Å². The average Bonchev–Trinajstić information content (AvgIpc) is 3.22. The van der Waals surface area contributed by atoms with Crippen LogP contribution in [0.5, 0.6) is 11.5 Å². The van der Waals surface area contributed by atoms with Gasteiger partial charge in [0.15, 0.2) is 0 Å². The third-order valence-electron chi connectivity index (χ3n) is 9.12. The SMILES string of the molecule is CC[C@@H](Oc1ccc([C@H]2CN(C)Cc3cc4c(cc3O2)CN(Cc2ccccc2C)[C@H](C(=O)OC)C4)cc1)c1ccc(Cl)c(Cl)c1. The van der Waals surface area contributed by atoms with E-state index in [1.807, 2.05) is 42.5 Å². The first-order chi connectivity index (χ1) is 22.2. The quantitative estimate of drug-likeness (QED) is 0.177. The van der Waals surface area contributed by atoms with Gasteiger partial charge in [-0.1, -0.05) is 78.7 Å². The maximum atomic E-state index is 12.9. The second-order valence-corrected chi connectivity index (χ2v) is 13.2. The number of carbonyl (C=O) groups is 1. The normalized spacial score (nSPS) is 18.9. The van der Waals surface area contributed by atoms with Gasteiger partial charge in [0.1, 0.15) is 29.7 Å². The molecular weight excluding hydrogens is 619 g/mol. The molecule has 3 atom stereocenters. The van der Waals surface area contributed by atoms with E-state index in [-0.39, 0.29) is 24.2 Å². The molecule has 0 saturated heterocycles. The van der Waals surface area contributed by atoms with Crippen LogP contribution >= 0.6 is 23.2 Å². The van der Waals surface area contributed by atoms with E-state index in [9.17, 15) is 4.79 Å². The molecule has 2 heterocycles. The summed E-state index contributed by atoms with van der Waals surface area (Å²) >= 11 is 12.4. The Morgan fingerprint density at radius 2 is 1.74 bits per heavy atom. The molecule has 0 aliphatic carbocycles. The highest BCUT2D eigenvalue weighted by molar-refractivity contribution is 6.42.